The minimum atomic E-state index is -0.644. The lowest BCUT2D eigenvalue weighted by molar-refractivity contribution is -0.149. The molecule has 0 aliphatic heterocycles. The molecule has 0 saturated heterocycles. The van der Waals surface area contributed by atoms with Gasteiger partial charge in [-0.1, -0.05) is 17.3 Å². The van der Waals surface area contributed by atoms with Gasteiger partial charge < -0.3 is 10.1 Å². The number of terminal acetylenes is 1. The highest BCUT2D eigenvalue weighted by Crippen LogP contribution is 1.99. The number of nitrogens with zero attached hydrogens (tertiary/aromatic N) is 1. The average Bonchev–Trinajstić information content (AvgIpc) is 2.65. The lowest BCUT2D eigenvalue weighted by Crippen LogP contribution is -2.30. The van der Waals surface area contributed by atoms with Gasteiger partial charge in [0.25, 0.3) is 5.91 Å². The molecule has 1 aromatic heterocycles. The Morgan fingerprint density at radius 1 is 1.61 bits per heavy atom. The lowest BCUT2D eigenvalue weighted by Gasteiger charge is -2.06. The second kappa shape index (κ2) is 6.61. The largest absolute Gasteiger partial charge is 0.454 e. The number of thiazole rings is 1. The van der Waals surface area contributed by atoms with Crippen molar-refractivity contribution in [1.82, 2.24) is 9.88 Å². The second-order valence-corrected chi connectivity index (χ2v) is 4.19. The fourth-order valence-electron chi connectivity index (χ4n) is 1.12. The predicted molar refractivity (Wildman–Crippen MR) is 66.1 cm³/mol. The zero-order valence-corrected chi connectivity index (χ0v) is 10.6. The minimum absolute atomic E-state index is 0.0828. The van der Waals surface area contributed by atoms with Crippen molar-refractivity contribution in [2.24, 2.45) is 0 Å². The summed E-state index contributed by atoms with van der Waals surface area (Å²) < 4.78 is 5.99. The van der Waals surface area contributed by atoms with Crippen LogP contribution >= 0.6 is 11.3 Å². The highest BCUT2D eigenvalue weighted by atomic mass is 32.1. The van der Waals surface area contributed by atoms with Crippen molar-refractivity contribution >= 4 is 23.2 Å². The van der Waals surface area contributed by atoms with Gasteiger partial charge in [-0.05, 0) is 6.92 Å². The van der Waals surface area contributed by atoms with Crippen LogP contribution in [-0.2, 0) is 20.9 Å². The standard InChI is InChI=1S/C11H12N2O4S/c1-3-4-12-9(14)6-17-10(15)5-13-8(2)7-18-11(13)16/h1,7H,4-6H2,2H3,(H,12,14). The van der Waals surface area contributed by atoms with Gasteiger partial charge in [0, 0.05) is 11.1 Å². The van der Waals surface area contributed by atoms with Crippen LogP contribution < -0.4 is 10.2 Å². The normalized spacial score (nSPS) is 9.56. The molecule has 6 nitrogen and oxygen atoms in total. The molecule has 1 rings (SSSR count). The van der Waals surface area contributed by atoms with Crippen molar-refractivity contribution < 1.29 is 14.3 Å². The molecular weight excluding hydrogens is 256 g/mol. The smallest absolute Gasteiger partial charge is 0.326 e. The molecule has 1 amide bonds. The summed E-state index contributed by atoms with van der Waals surface area (Å²) in [5.74, 6) is 1.10. The zero-order chi connectivity index (χ0) is 13.5. The molecule has 7 heteroatoms. The molecule has 0 saturated carbocycles. The fraction of sp³-hybridized carbons (Fsp3) is 0.364. The first kappa shape index (κ1) is 14.0. The van der Waals surface area contributed by atoms with Gasteiger partial charge in [0.1, 0.15) is 6.54 Å². The van der Waals surface area contributed by atoms with Crippen LogP contribution in [-0.4, -0.2) is 29.6 Å². The van der Waals surface area contributed by atoms with E-state index in [1.165, 1.54) is 4.57 Å². The van der Waals surface area contributed by atoms with Crippen molar-refractivity contribution in [1.29, 1.82) is 0 Å². The Bertz CT molecular complexity index is 538. The van der Waals surface area contributed by atoms with E-state index >= 15 is 0 Å². The number of carbonyl (C=O) groups is 2. The molecule has 1 N–H and O–H groups in total. The van der Waals surface area contributed by atoms with Crippen molar-refractivity contribution in [3.8, 4) is 12.3 Å². The number of amides is 1. The highest BCUT2D eigenvalue weighted by molar-refractivity contribution is 7.07. The first-order chi connectivity index (χ1) is 8.54. The number of aryl methyl sites for hydroxylation is 1. The number of ether oxygens (including phenoxy) is 1. The molecule has 0 atom stereocenters. The summed E-state index contributed by atoms with van der Waals surface area (Å²) in [6.07, 6.45) is 4.95. The number of rotatable bonds is 5. The molecule has 18 heavy (non-hydrogen) atoms. The third-order valence-electron chi connectivity index (χ3n) is 2.02. The number of nitrogens with one attached hydrogen (secondary N) is 1. The highest BCUT2D eigenvalue weighted by Gasteiger charge is 2.11. The monoisotopic (exact) mass is 268 g/mol. The molecule has 96 valence electrons. The van der Waals surface area contributed by atoms with Crippen LogP contribution in [0.5, 0.6) is 0 Å². The van der Waals surface area contributed by atoms with Gasteiger partial charge in [0.05, 0.1) is 6.54 Å². The van der Waals surface area contributed by atoms with E-state index in [1.807, 2.05) is 0 Å². The first-order valence-electron chi connectivity index (χ1n) is 5.05. The number of hydrogen-bond acceptors (Lipinski definition) is 5. The van der Waals surface area contributed by atoms with E-state index in [1.54, 1.807) is 12.3 Å². The number of carbonyl (C=O) groups excluding carboxylic acids is 2. The summed E-state index contributed by atoms with van der Waals surface area (Å²) >= 11 is 1.01. The molecule has 1 heterocycles. The van der Waals surface area contributed by atoms with Gasteiger partial charge in [-0.25, -0.2) is 0 Å². The molecule has 0 aliphatic rings. The molecule has 0 bridgehead atoms. The summed E-state index contributed by atoms with van der Waals surface area (Å²) in [5.41, 5.74) is 0.679. The van der Waals surface area contributed by atoms with Crippen LogP contribution in [0.15, 0.2) is 10.2 Å². The molecule has 0 aliphatic carbocycles. The van der Waals surface area contributed by atoms with E-state index in [-0.39, 0.29) is 18.0 Å². The summed E-state index contributed by atoms with van der Waals surface area (Å²) in [7, 11) is 0. The second-order valence-electron chi connectivity index (χ2n) is 3.37. The van der Waals surface area contributed by atoms with Crippen LogP contribution in [0.3, 0.4) is 0 Å². The van der Waals surface area contributed by atoms with E-state index in [0.29, 0.717) is 5.69 Å². The Labute approximate surface area is 108 Å². The van der Waals surface area contributed by atoms with Crippen molar-refractivity contribution in [2.45, 2.75) is 13.5 Å². The van der Waals surface area contributed by atoms with E-state index in [2.05, 4.69) is 11.2 Å². The van der Waals surface area contributed by atoms with Gasteiger partial charge in [-0.3, -0.25) is 19.0 Å². The van der Waals surface area contributed by atoms with E-state index in [0.717, 1.165) is 11.3 Å². The Kier molecular flexibility index (Phi) is 5.14. The quantitative estimate of drug-likeness (QED) is 0.577. The fourth-order valence-corrected chi connectivity index (χ4v) is 1.85. The number of esters is 1. The van der Waals surface area contributed by atoms with Gasteiger partial charge in [-0.15, -0.1) is 6.42 Å². The topological polar surface area (TPSA) is 77.4 Å². The zero-order valence-electron chi connectivity index (χ0n) is 9.76. The Morgan fingerprint density at radius 2 is 2.33 bits per heavy atom. The Balaban J connectivity index is 2.42. The van der Waals surface area contributed by atoms with Crippen LogP contribution in [0.4, 0.5) is 0 Å². The third-order valence-corrected chi connectivity index (χ3v) is 2.90. The molecular formula is C11H12N2O4S. The maximum Gasteiger partial charge on any atom is 0.326 e. The molecule has 0 fully saturated rings. The van der Waals surface area contributed by atoms with E-state index in [4.69, 9.17) is 11.2 Å². The maximum absolute atomic E-state index is 11.4. The summed E-state index contributed by atoms with van der Waals surface area (Å²) in [4.78, 5) is 33.6. The van der Waals surface area contributed by atoms with E-state index in [9.17, 15) is 14.4 Å². The lowest BCUT2D eigenvalue weighted by atomic mass is 10.5. The average molecular weight is 268 g/mol. The van der Waals surface area contributed by atoms with Crippen molar-refractivity contribution in [3.05, 3.63) is 20.7 Å². The molecule has 1 aromatic rings. The van der Waals surface area contributed by atoms with Crippen LogP contribution in [0, 0.1) is 19.3 Å². The molecule has 0 aromatic carbocycles. The molecule has 0 radical (unpaired) electrons. The van der Waals surface area contributed by atoms with Gasteiger partial charge >= 0.3 is 10.8 Å². The number of hydrogen-bond donors (Lipinski definition) is 1. The van der Waals surface area contributed by atoms with E-state index < -0.39 is 18.5 Å². The van der Waals surface area contributed by atoms with Crippen molar-refractivity contribution in [2.75, 3.05) is 13.2 Å². The minimum Gasteiger partial charge on any atom is -0.454 e. The van der Waals surface area contributed by atoms with Crippen LogP contribution in [0.2, 0.25) is 0 Å². The van der Waals surface area contributed by atoms with Gasteiger partial charge in [0.2, 0.25) is 0 Å². The Morgan fingerprint density at radius 3 is 2.89 bits per heavy atom. The van der Waals surface area contributed by atoms with Gasteiger partial charge in [-0.2, -0.15) is 0 Å². The first-order valence-corrected chi connectivity index (χ1v) is 5.93. The SMILES string of the molecule is C#CCNC(=O)COC(=O)Cn1c(C)csc1=O. The van der Waals surface area contributed by atoms with Crippen molar-refractivity contribution in [3.63, 3.8) is 0 Å². The molecule has 0 unspecified atom stereocenters. The maximum atomic E-state index is 11.4. The molecule has 0 spiro atoms. The van der Waals surface area contributed by atoms with Crippen LogP contribution in [0.25, 0.3) is 0 Å². The number of aromatic nitrogens is 1. The summed E-state index contributed by atoms with van der Waals surface area (Å²) in [6.45, 7) is 1.19. The van der Waals surface area contributed by atoms with Gasteiger partial charge in [0.15, 0.2) is 6.61 Å². The summed E-state index contributed by atoms with van der Waals surface area (Å²) in [5, 5.41) is 4.00. The van der Waals surface area contributed by atoms with Crippen LogP contribution in [0.1, 0.15) is 5.69 Å². The summed E-state index contributed by atoms with van der Waals surface area (Å²) in [6, 6.07) is 0. The third kappa shape index (κ3) is 4.07. The Hall–Kier alpha value is -2.07. The predicted octanol–water partition coefficient (Wildman–Crippen LogP) is -0.489.